The number of hydrogen-bond acceptors (Lipinski definition) is 0. The Kier molecular flexibility index (Phi) is 12.6. The number of nitrogens with zero attached hydrogens (tertiary/aromatic N) is 2. The van der Waals surface area contributed by atoms with Crippen LogP contribution in [0.5, 0.6) is 0 Å². The molecule has 2 rings (SSSR count). The first-order valence-corrected chi connectivity index (χ1v) is 16.6. The van der Waals surface area contributed by atoms with E-state index < -0.39 is 20.8 Å². The standard InChI is InChI=1S/C24H34N2O.2ClH.Zr/c1-15-13-16(2)20(6)23(19(15)5)25-9-11-27-12-10-26-24-21(7)17(3)14-18(4)22(24)8;;;/h13-14H,9-12H2,1-8H3;2*1H;/q-2;;;+2/p-1. The van der Waals surface area contributed by atoms with Crippen molar-refractivity contribution in [1.82, 2.24) is 0 Å². The van der Waals surface area contributed by atoms with E-state index in [0.29, 0.717) is 0 Å². The first kappa shape index (κ1) is 27.5. The molecule has 6 heteroatoms. The van der Waals surface area contributed by atoms with Crippen LogP contribution in [0.15, 0.2) is 12.1 Å². The fraction of sp³-hybridized carbons (Fsp3) is 0.500. The van der Waals surface area contributed by atoms with Crippen LogP contribution in [0.3, 0.4) is 0 Å². The molecule has 0 fully saturated rings. The molecular weight excluding hydrogens is 494 g/mol. The fourth-order valence-corrected chi connectivity index (χ4v) is 3.44. The van der Waals surface area contributed by atoms with Gasteiger partial charge in [-0.15, -0.1) is 11.4 Å². The number of benzene rings is 2. The molecule has 2 aromatic carbocycles. The third-order valence-electron chi connectivity index (χ3n) is 5.71. The van der Waals surface area contributed by atoms with E-state index >= 15 is 0 Å². The van der Waals surface area contributed by atoms with E-state index in [2.05, 4.69) is 72.3 Å². The molecule has 30 heavy (non-hydrogen) atoms. The second-order valence-electron chi connectivity index (χ2n) is 7.72. The maximum absolute atomic E-state index is 4.93. The summed E-state index contributed by atoms with van der Waals surface area (Å²) in [7, 11) is 9.87. The topological polar surface area (TPSA) is 41.0 Å². The first-order chi connectivity index (χ1) is 14.1. The molecule has 0 heterocycles. The average molecular weight is 530 g/mol. The molecule has 0 aliphatic heterocycles. The van der Waals surface area contributed by atoms with Gasteiger partial charge in [-0.1, -0.05) is 47.5 Å². The number of aliphatic hydroxyl groups is 2. The van der Waals surface area contributed by atoms with Crippen molar-refractivity contribution in [2.45, 2.75) is 55.4 Å². The summed E-state index contributed by atoms with van der Waals surface area (Å²) in [5.41, 5.74) is 12.7. The summed E-state index contributed by atoms with van der Waals surface area (Å²) in [6, 6.07) is 4.49. The molecule has 0 bridgehead atoms. The molecule has 0 amide bonds. The summed E-state index contributed by atoms with van der Waals surface area (Å²) >= 11 is -0.826. The molecule has 0 atom stereocenters. The molecule has 2 aromatic rings. The Hall–Kier alpha value is -0.537. The number of aryl methyl sites for hydroxylation is 4. The maximum atomic E-state index is 4.93. The van der Waals surface area contributed by atoms with Crippen LogP contribution < -0.4 is 0 Å². The molecule has 0 saturated heterocycles. The van der Waals surface area contributed by atoms with E-state index in [9.17, 15) is 0 Å². The Morgan fingerprint density at radius 3 is 1.17 bits per heavy atom. The molecular formula is C24H35Cl2N2OZr-. The Morgan fingerprint density at radius 2 is 0.900 bits per heavy atom. The van der Waals surface area contributed by atoms with Crippen molar-refractivity contribution >= 4 is 28.4 Å². The van der Waals surface area contributed by atoms with Crippen LogP contribution in [0, 0.1) is 55.4 Å². The second kappa shape index (κ2) is 13.8. The molecule has 1 N–H and O–H groups in total. The second-order valence-corrected chi connectivity index (χ2v) is 11.5. The van der Waals surface area contributed by atoms with Gasteiger partial charge in [0.05, 0.1) is 0 Å². The predicted molar refractivity (Wildman–Crippen MR) is 130 cm³/mol. The monoisotopic (exact) mass is 527 g/mol. The zero-order valence-electron chi connectivity index (χ0n) is 19.6. The number of hydrogen-bond donors (Lipinski definition) is 0. The van der Waals surface area contributed by atoms with Crippen molar-refractivity contribution in [3.05, 3.63) is 67.3 Å². The molecule has 0 radical (unpaired) electrons. The van der Waals surface area contributed by atoms with Gasteiger partial charge in [0.2, 0.25) is 0 Å². The van der Waals surface area contributed by atoms with Gasteiger partial charge in [0.25, 0.3) is 0 Å². The Morgan fingerprint density at radius 1 is 0.633 bits per heavy atom. The van der Waals surface area contributed by atoms with Crippen molar-refractivity contribution in [3.63, 3.8) is 0 Å². The van der Waals surface area contributed by atoms with E-state index in [4.69, 9.17) is 27.7 Å². The van der Waals surface area contributed by atoms with Crippen LogP contribution in [0.4, 0.5) is 11.4 Å². The summed E-state index contributed by atoms with van der Waals surface area (Å²) in [5.74, 6) is 0. The third kappa shape index (κ3) is 7.86. The third-order valence-corrected chi connectivity index (χ3v) is 5.71. The molecule has 0 aliphatic rings. The van der Waals surface area contributed by atoms with Crippen molar-refractivity contribution in [3.8, 4) is 0 Å². The van der Waals surface area contributed by atoms with Crippen molar-refractivity contribution < 1.29 is 25.6 Å². The Bertz CT molecular complexity index is 721. The number of halogens is 2. The molecule has 3 nitrogen and oxygen atoms in total. The minimum atomic E-state index is -0.826. The molecule has 0 aliphatic carbocycles. The van der Waals surface area contributed by atoms with Gasteiger partial charge in [0, 0.05) is 0 Å². The van der Waals surface area contributed by atoms with Crippen LogP contribution in [0.1, 0.15) is 44.5 Å². The van der Waals surface area contributed by atoms with Crippen LogP contribution in [0.25, 0.3) is 10.6 Å². The molecule has 0 unspecified atom stereocenters. The van der Waals surface area contributed by atoms with Crippen LogP contribution in [0.2, 0.25) is 0 Å². The van der Waals surface area contributed by atoms with Crippen molar-refractivity contribution in [2.24, 2.45) is 0 Å². The van der Waals surface area contributed by atoms with Gasteiger partial charge in [0.15, 0.2) is 0 Å². The quantitative estimate of drug-likeness (QED) is 0.248. The van der Waals surface area contributed by atoms with Crippen LogP contribution in [-0.2, 0) is 20.8 Å². The fourth-order valence-electron chi connectivity index (χ4n) is 3.44. The van der Waals surface area contributed by atoms with E-state index in [-0.39, 0.29) is 0 Å². The number of ether oxygens (including phenoxy) is 1. The predicted octanol–water partition coefficient (Wildman–Crippen LogP) is 7.77. The van der Waals surface area contributed by atoms with Crippen molar-refractivity contribution in [1.29, 1.82) is 0 Å². The summed E-state index contributed by atoms with van der Waals surface area (Å²) < 4.78 is 4.62. The Balaban J connectivity index is 0.00000141. The zero-order chi connectivity index (χ0) is 22.8. The minimum absolute atomic E-state index is 0.742. The summed E-state index contributed by atoms with van der Waals surface area (Å²) in [6.45, 7) is 20.3. The normalized spacial score (nSPS) is 10.3. The SMILES string of the molecule is Cc1cc(C)c(C)c([N-]CC[OH+]CC[N-]c2c(C)c(C)cc(C)c2C)c1C.[Cl][Zr][Cl]. The zero-order valence-corrected chi connectivity index (χ0v) is 23.6. The van der Waals surface area contributed by atoms with Crippen LogP contribution >= 0.6 is 17.0 Å². The molecule has 0 aromatic heterocycles. The first-order valence-electron chi connectivity index (χ1n) is 10.2. The van der Waals surface area contributed by atoms with E-state index in [1.165, 1.54) is 44.5 Å². The molecule has 166 valence electrons. The average Bonchev–Trinajstić information content (AvgIpc) is 2.69. The van der Waals surface area contributed by atoms with E-state index in [1.54, 1.807) is 0 Å². The van der Waals surface area contributed by atoms with Gasteiger partial charge < -0.3 is 15.4 Å². The summed E-state index contributed by atoms with van der Waals surface area (Å²) in [6.07, 6.45) is 0. The Labute approximate surface area is 201 Å². The van der Waals surface area contributed by atoms with E-state index in [1.807, 2.05) is 0 Å². The van der Waals surface area contributed by atoms with Gasteiger partial charge in [-0.05, 0) is 77.6 Å². The van der Waals surface area contributed by atoms with Gasteiger partial charge in [-0.3, -0.25) is 0 Å². The van der Waals surface area contributed by atoms with Gasteiger partial charge in [-0.25, -0.2) is 0 Å². The number of rotatable bonds is 8. The van der Waals surface area contributed by atoms with Gasteiger partial charge in [0.1, 0.15) is 13.2 Å². The van der Waals surface area contributed by atoms with E-state index in [0.717, 1.165) is 37.7 Å². The van der Waals surface area contributed by atoms with Gasteiger partial charge >= 0.3 is 37.9 Å². The van der Waals surface area contributed by atoms with Crippen molar-refractivity contribution in [2.75, 3.05) is 26.3 Å². The summed E-state index contributed by atoms with van der Waals surface area (Å²) in [5, 5.41) is 9.62. The van der Waals surface area contributed by atoms with Gasteiger partial charge in [-0.2, -0.15) is 0 Å². The van der Waals surface area contributed by atoms with Crippen LogP contribution in [-0.4, -0.2) is 31.0 Å². The summed E-state index contributed by atoms with van der Waals surface area (Å²) in [4.78, 5) is 0. The molecule has 0 saturated carbocycles. The molecule has 0 spiro atoms.